The lowest BCUT2D eigenvalue weighted by molar-refractivity contribution is 0.0289. The van der Waals surface area contributed by atoms with Gasteiger partial charge in [-0.25, -0.2) is 0 Å². The van der Waals surface area contributed by atoms with Crippen LogP contribution in [0.15, 0.2) is 30.4 Å². The van der Waals surface area contributed by atoms with Crippen LogP contribution in [0.2, 0.25) is 0 Å². The van der Waals surface area contributed by atoms with E-state index in [1.807, 2.05) is 0 Å². The molecular formula is C18H23NO. The smallest absolute Gasteiger partial charge is 0.119 e. The van der Waals surface area contributed by atoms with Crippen molar-refractivity contribution in [3.63, 3.8) is 0 Å². The van der Waals surface area contributed by atoms with Gasteiger partial charge in [0.15, 0.2) is 0 Å². The molecule has 0 spiro atoms. The van der Waals surface area contributed by atoms with Gasteiger partial charge in [0.1, 0.15) is 5.75 Å². The van der Waals surface area contributed by atoms with Gasteiger partial charge in [-0.1, -0.05) is 18.2 Å². The van der Waals surface area contributed by atoms with Crippen molar-refractivity contribution >= 4 is 0 Å². The fraction of sp³-hybridized carbons (Fsp3) is 0.556. The second-order valence-electron chi connectivity index (χ2n) is 6.70. The maximum atomic E-state index is 5.49. The molecule has 0 saturated carbocycles. The van der Waals surface area contributed by atoms with Gasteiger partial charge in [-0.05, 0) is 68.5 Å². The zero-order chi connectivity index (χ0) is 13.7. The highest BCUT2D eigenvalue weighted by molar-refractivity contribution is 5.46. The molecule has 20 heavy (non-hydrogen) atoms. The van der Waals surface area contributed by atoms with Crippen LogP contribution in [0.3, 0.4) is 0 Å². The minimum Gasteiger partial charge on any atom is -0.497 e. The van der Waals surface area contributed by atoms with Crippen molar-refractivity contribution in [3.05, 3.63) is 41.5 Å². The highest BCUT2D eigenvalue weighted by Gasteiger charge is 2.52. The molecule has 1 aromatic carbocycles. The number of methoxy groups -OCH3 is 1. The van der Waals surface area contributed by atoms with Crippen LogP contribution < -0.4 is 4.74 Å². The molecule has 0 amide bonds. The number of rotatable bonds is 1. The third kappa shape index (κ3) is 1.54. The Bertz CT molecular complexity index is 565. The molecule has 1 saturated heterocycles. The molecule has 0 radical (unpaired) electrons. The van der Waals surface area contributed by atoms with Gasteiger partial charge in [0, 0.05) is 11.5 Å². The summed E-state index contributed by atoms with van der Waals surface area (Å²) >= 11 is 0. The van der Waals surface area contributed by atoms with Crippen molar-refractivity contribution in [2.24, 2.45) is 5.92 Å². The monoisotopic (exact) mass is 269 g/mol. The quantitative estimate of drug-likeness (QED) is 0.726. The van der Waals surface area contributed by atoms with E-state index in [0.717, 1.165) is 17.7 Å². The number of likely N-dealkylation sites (tertiary alicyclic amines) is 1. The summed E-state index contributed by atoms with van der Waals surface area (Å²) in [7, 11) is 4.08. The number of benzene rings is 1. The van der Waals surface area contributed by atoms with Gasteiger partial charge in [-0.15, -0.1) is 0 Å². The third-order valence-corrected chi connectivity index (χ3v) is 5.97. The van der Waals surface area contributed by atoms with Crippen molar-refractivity contribution < 1.29 is 4.74 Å². The predicted molar refractivity (Wildman–Crippen MR) is 81.3 cm³/mol. The largest absolute Gasteiger partial charge is 0.497 e. The first kappa shape index (κ1) is 12.5. The van der Waals surface area contributed by atoms with E-state index >= 15 is 0 Å². The molecule has 3 atom stereocenters. The summed E-state index contributed by atoms with van der Waals surface area (Å²) in [6.45, 7) is 1.23. The molecule has 106 valence electrons. The normalized spacial score (nSPS) is 35.3. The van der Waals surface area contributed by atoms with Crippen molar-refractivity contribution in [3.8, 4) is 5.75 Å². The molecule has 1 aromatic rings. The molecule has 2 heteroatoms. The number of ether oxygens (including phenoxy) is 1. The molecule has 2 bridgehead atoms. The first-order chi connectivity index (χ1) is 9.74. The number of hydrogen-bond acceptors (Lipinski definition) is 2. The van der Waals surface area contributed by atoms with Gasteiger partial charge >= 0.3 is 0 Å². The van der Waals surface area contributed by atoms with Crippen LogP contribution in [-0.4, -0.2) is 31.6 Å². The maximum absolute atomic E-state index is 5.49. The van der Waals surface area contributed by atoms with Crippen LogP contribution in [0.5, 0.6) is 5.75 Å². The van der Waals surface area contributed by atoms with Crippen LogP contribution in [0, 0.1) is 5.92 Å². The van der Waals surface area contributed by atoms with Crippen LogP contribution in [0.4, 0.5) is 0 Å². The second kappa shape index (κ2) is 4.36. The lowest BCUT2D eigenvalue weighted by Gasteiger charge is -2.57. The van der Waals surface area contributed by atoms with E-state index < -0.39 is 0 Å². The second-order valence-corrected chi connectivity index (χ2v) is 6.70. The maximum Gasteiger partial charge on any atom is 0.119 e. The van der Waals surface area contributed by atoms with Gasteiger partial charge < -0.3 is 9.64 Å². The lowest BCUT2D eigenvalue weighted by atomic mass is 9.54. The fourth-order valence-electron chi connectivity index (χ4n) is 4.87. The highest BCUT2D eigenvalue weighted by Crippen LogP contribution is 2.54. The minimum atomic E-state index is 0.369. The molecule has 1 aliphatic heterocycles. The number of likely N-dealkylation sites (N-methyl/N-ethyl adjacent to an activating group) is 1. The average molecular weight is 269 g/mol. The molecule has 0 aromatic heterocycles. The fourth-order valence-corrected chi connectivity index (χ4v) is 4.87. The van der Waals surface area contributed by atoms with E-state index in [9.17, 15) is 0 Å². The number of nitrogens with zero attached hydrogens (tertiary/aromatic N) is 1. The molecular weight excluding hydrogens is 246 g/mol. The van der Waals surface area contributed by atoms with Crippen molar-refractivity contribution in [1.29, 1.82) is 0 Å². The van der Waals surface area contributed by atoms with Crippen molar-refractivity contribution in [2.75, 3.05) is 20.7 Å². The molecule has 2 aliphatic carbocycles. The third-order valence-electron chi connectivity index (χ3n) is 5.97. The number of hydrogen-bond donors (Lipinski definition) is 0. The molecule has 0 N–H and O–H groups in total. The van der Waals surface area contributed by atoms with Crippen LogP contribution in [0.1, 0.15) is 30.4 Å². The van der Waals surface area contributed by atoms with E-state index in [-0.39, 0.29) is 0 Å². The SMILES string of the molecule is COc1ccc2c(c1)[C@]13CC=CC[C@@H]1[C@H](C2)N(C)CC3. The van der Waals surface area contributed by atoms with E-state index in [4.69, 9.17) is 4.74 Å². The molecule has 0 unspecified atom stereocenters. The van der Waals surface area contributed by atoms with Gasteiger partial charge in [0.05, 0.1) is 7.11 Å². The van der Waals surface area contributed by atoms with E-state index in [1.54, 1.807) is 18.2 Å². The Hall–Kier alpha value is -1.28. The van der Waals surface area contributed by atoms with Gasteiger partial charge in [-0.3, -0.25) is 0 Å². The Morgan fingerprint density at radius 3 is 3.05 bits per heavy atom. The first-order valence-electron chi connectivity index (χ1n) is 7.77. The van der Waals surface area contributed by atoms with E-state index in [2.05, 4.69) is 42.3 Å². The van der Waals surface area contributed by atoms with Crippen molar-refractivity contribution in [1.82, 2.24) is 4.90 Å². The minimum absolute atomic E-state index is 0.369. The Labute approximate surface area is 121 Å². The lowest BCUT2D eigenvalue weighted by Crippen LogP contribution is -2.59. The summed E-state index contributed by atoms with van der Waals surface area (Å²) < 4.78 is 5.49. The predicted octanol–water partition coefficient (Wildman–Crippen LogP) is 3.16. The van der Waals surface area contributed by atoms with Crippen LogP contribution in [0.25, 0.3) is 0 Å². The summed E-state index contributed by atoms with van der Waals surface area (Å²) in [5.74, 6) is 1.80. The molecule has 1 fully saturated rings. The van der Waals surface area contributed by atoms with Crippen molar-refractivity contribution in [2.45, 2.75) is 37.1 Å². The number of fused-ring (bicyclic) bond motifs is 1. The van der Waals surface area contributed by atoms with Crippen LogP contribution in [-0.2, 0) is 11.8 Å². The Morgan fingerprint density at radius 1 is 1.30 bits per heavy atom. The standard InChI is InChI=1S/C18H23NO/c1-19-10-9-18-8-4-3-5-15(18)17(19)11-13-6-7-14(20-2)12-16(13)18/h3-4,6-7,12,15,17H,5,8-11H2,1-2H3/t15-,17+,18+/m1/s1. The Morgan fingerprint density at radius 2 is 2.20 bits per heavy atom. The summed E-state index contributed by atoms with van der Waals surface area (Å²) in [6, 6.07) is 7.47. The molecule has 4 rings (SSSR count). The first-order valence-corrected chi connectivity index (χ1v) is 7.77. The van der Waals surface area contributed by atoms with E-state index in [0.29, 0.717) is 5.41 Å². The van der Waals surface area contributed by atoms with Gasteiger partial charge in [0.25, 0.3) is 0 Å². The summed E-state index contributed by atoms with van der Waals surface area (Å²) in [5.41, 5.74) is 3.50. The van der Waals surface area contributed by atoms with Crippen LogP contribution >= 0.6 is 0 Å². The average Bonchev–Trinajstić information content (AvgIpc) is 2.50. The zero-order valence-electron chi connectivity index (χ0n) is 12.4. The van der Waals surface area contributed by atoms with Gasteiger partial charge in [0.2, 0.25) is 0 Å². The van der Waals surface area contributed by atoms with Gasteiger partial charge in [-0.2, -0.15) is 0 Å². The summed E-state index contributed by atoms with van der Waals surface area (Å²) in [6.07, 6.45) is 9.76. The molecule has 2 nitrogen and oxygen atoms in total. The summed E-state index contributed by atoms with van der Waals surface area (Å²) in [4.78, 5) is 2.59. The molecule has 3 aliphatic rings. The molecule has 1 heterocycles. The highest BCUT2D eigenvalue weighted by atomic mass is 16.5. The number of piperidine rings is 1. The zero-order valence-corrected chi connectivity index (χ0v) is 12.4. The summed E-state index contributed by atoms with van der Waals surface area (Å²) in [5, 5.41) is 0. The topological polar surface area (TPSA) is 12.5 Å². The Kier molecular flexibility index (Phi) is 2.71. The number of allylic oxidation sites excluding steroid dienone is 2. The Balaban J connectivity index is 1.90. The van der Waals surface area contributed by atoms with E-state index in [1.165, 1.54) is 32.2 Å².